The fourth-order valence-corrected chi connectivity index (χ4v) is 4.09. The molecule has 0 bridgehead atoms. The minimum Gasteiger partial charge on any atom is -0.343 e. The molecule has 2 aliphatic heterocycles. The molecule has 2 saturated heterocycles. The number of rotatable bonds is 7. The Bertz CT molecular complexity index is 653. The number of likely N-dealkylation sites (tertiary alicyclic amines) is 1. The van der Waals surface area contributed by atoms with Crippen molar-refractivity contribution in [1.29, 1.82) is 0 Å². The summed E-state index contributed by atoms with van der Waals surface area (Å²) in [6.07, 6.45) is 7.21. The van der Waals surface area contributed by atoms with Gasteiger partial charge in [0.05, 0.1) is 0 Å². The molecule has 142 valence electrons. The average Bonchev–Trinajstić information content (AvgIpc) is 3.24. The number of aryl methyl sites for hydroxylation is 1. The lowest BCUT2D eigenvalue weighted by molar-refractivity contribution is -0.134. The van der Waals surface area contributed by atoms with E-state index in [1.807, 2.05) is 11.8 Å². The first kappa shape index (κ1) is 18.3. The molecule has 2 fully saturated rings. The molecule has 26 heavy (non-hydrogen) atoms. The molecule has 1 aromatic heterocycles. The Labute approximate surface area is 152 Å². The first-order valence-electron chi connectivity index (χ1n) is 9.29. The standard InChI is InChI=1S/C17H26N6O3/c1-2-7-17(15(25)20-16(26)21-17)13-5-9-22(10-6-13)14(24)4-3-8-23-12-18-11-19-23/h11-13H,2-10H2,1H3,(H2,20,21,25,26). The van der Waals surface area contributed by atoms with Crippen molar-refractivity contribution in [3.63, 3.8) is 0 Å². The maximum absolute atomic E-state index is 12.4. The van der Waals surface area contributed by atoms with Crippen molar-refractivity contribution in [2.24, 2.45) is 5.92 Å². The van der Waals surface area contributed by atoms with E-state index < -0.39 is 11.6 Å². The molecule has 4 amide bonds. The van der Waals surface area contributed by atoms with Crippen LogP contribution in [0.3, 0.4) is 0 Å². The van der Waals surface area contributed by atoms with Gasteiger partial charge in [-0.1, -0.05) is 13.3 Å². The van der Waals surface area contributed by atoms with Crippen LogP contribution >= 0.6 is 0 Å². The van der Waals surface area contributed by atoms with Crippen molar-refractivity contribution < 1.29 is 14.4 Å². The van der Waals surface area contributed by atoms with E-state index in [0.717, 1.165) is 25.7 Å². The van der Waals surface area contributed by atoms with Gasteiger partial charge >= 0.3 is 6.03 Å². The molecule has 3 rings (SSSR count). The molecule has 0 spiro atoms. The first-order chi connectivity index (χ1) is 12.5. The van der Waals surface area contributed by atoms with Crippen molar-refractivity contribution >= 4 is 17.8 Å². The minimum atomic E-state index is -0.811. The highest BCUT2D eigenvalue weighted by Crippen LogP contribution is 2.34. The van der Waals surface area contributed by atoms with Crippen LogP contribution in [0.15, 0.2) is 12.7 Å². The van der Waals surface area contributed by atoms with Crippen LogP contribution in [0.5, 0.6) is 0 Å². The highest BCUT2D eigenvalue weighted by atomic mass is 16.2. The van der Waals surface area contributed by atoms with Crippen LogP contribution in [0.25, 0.3) is 0 Å². The van der Waals surface area contributed by atoms with E-state index in [1.165, 1.54) is 6.33 Å². The first-order valence-corrected chi connectivity index (χ1v) is 9.29. The average molecular weight is 362 g/mol. The SMILES string of the molecule is CCCC1(C2CCN(C(=O)CCCn3cncn3)CC2)NC(=O)NC1=O. The third-order valence-electron chi connectivity index (χ3n) is 5.40. The van der Waals surface area contributed by atoms with E-state index in [0.29, 0.717) is 32.5 Å². The molecular formula is C17H26N6O3. The topological polar surface area (TPSA) is 109 Å². The Morgan fingerprint density at radius 3 is 2.69 bits per heavy atom. The van der Waals surface area contributed by atoms with Gasteiger partial charge in [0.25, 0.3) is 5.91 Å². The van der Waals surface area contributed by atoms with Crippen molar-refractivity contribution in [1.82, 2.24) is 30.3 Å². The predicted molar refractivity (Wildman–Crippen MR) is 92.9 cm³/mol. The Hall–Kier alpha value is -2.45. The fraction of sp³-hybridized carbons (Fsp3) is 0.706. The molecule has 0 aliphatic carbocycles. The molecule has 2 N–H and O–H groups in total. The highest BCUT2D eigenvalue weighted by molar-refractivity contribution is 6.07. The van der Waals surface area contributed by atoms with E-state index in [2.05, 4.69) is 20.7 Å². The Kier molecular flexibility index (Phi) is 5.53. The number of amides is 4. The number of imide groups is 1. The quantitative estimate of drug-likeness (QED) is 0.693. The summed E-state index contributed by atoms with van der Waals surface area (Å²) in [6.45, 7) is 3.93. The van der Waals surface area contributed by atoms with Gasteiger partial charge < -0.3 is 10.2 Å². The van der Waals surface area contributed by atoms with E-state index >= 15 is 0 Å². The van der Waals surface area contributed by atoms with Crippen LogP contribution in [0.4, 0.5) is 4.79 Å². The number of aromatic nitrogens is 3. The van der Waals surface area contributed by atoms with Crippen LogP contribution in [0.1, 0.15) is 45.4 Å². The van der Waals surface area contributed by atoms with Gasteiger partial charge in [-0.3, -0.25) is 19.6 Å². The molecule has 9 nitrogen and oxygen atoms in total. The lowest BCUT2D eigenvalue weighted by Gasteiger charge is -2.40. The molecule has 1 unspecified atom stereocenters. The van der Waals surface area contributed by atoms with Gasteiger partial charge in [-0.15, -0.1) is 0 Å². The third kappa shape index (κ3) is 3.71. The van der Waals surface area contributed by atoms with Crippen LogP contribution in [-0.4, -0.2) is 56.1 Å². The number of hydrogen-bond donors (Lipinski definition) is 2. The molecule has 0 saturated carbocycles. The largest absolute Gasteiger partial charge is 0.343 e. The predicted octanol–water partition coefficient (Wildman–Crippen LogP) is 0.675. The van der Waals surface area contributed by atoms with E-state index in [4.69, 9.17) is 0 Å². The zero-order chi connectivity index (χ0) is 18.6. The van der Waals surface area contributed by atoms with Gasteiger partial charge in [-0.05, 0) is 31.6 Å². The smallest absolute Gasteiger partial charge is 0.322 e. The number of hydrogen-bond acceptors (Lipinski definition) is 5. The molecular weight excluding hydrogens is 336 g/mol. The molecule has 1 atom stereocenters. The number of urea groups is 1. The second-order valence-electron chi connectivity index (χ2n) is 7.05. The lowest BCUT2D eigenvalue weighted by Crippen LogP contribution is -2.56. The van der Waals surface area contributed by atoms with Gasteiger partial charge in [-0.2, -0.15) is 5.10 Å². The maximum atomic E-state index is 12.4. The summed E-state index contributed by atoms with van der Waals surface area (Å²) in [5.41, 5.74) is -0.811. The zero-order valence-electron chi connectivity index (χ0n) is 15.1. The van der Waals surface area contributed by atoms with Crippen molar-refractivity contribution in [2.45, 2.75) is 57.5 Å². The van der Waals surface area contributed by atoms with Gasteiger partial charge in [-0.25, -0.2) is 9.78 Å². The van der Waals surface area contributed by atoms with E-state index in [1.54, 1.807) is 11.0 Å². The third-order valence-corrected chi connectivity index (χ3v) is 5.40. The number of carbonyl (C=O) groups is 3. The molecule has 9 heteroatoms. The normalized spacial score (nSPS) is 23.8. The summed E-state index contributed by atoms with van der Waals surface area (Å²) >= 11 is 0. The van der Waals surface area contributed by atoms with E-state index in [9.17, 15) is 14.4 Å². The van der Waals surface area contributed by atoms with E-state index in [-0.39, 0.29) is 17.7 Å². The maximum Gasteiger partial charge on any atom is 0.322 e. The summed E-state index contributed by atoms with van der Waals surface area (Å²) in [5, 5.41) is 9.27. The summed E-state index contributed by atoms with van der Waals surface area (Å²) in [5.74, 6) is -0.0249. The Morgan fingerprint density at radius 1 is 1.35 bits per heavy atom. The fourth-order valence-electron chi connectivity index (χ4n) is 4.09. The number of nitrogens with zero attached hydrogens (tertiary/aromatic N) is 4. The zero-order valence-corrected chi connectivity index (χ0v) is 15.1. The number of carbonyl (C=O) groups excluding carboxylic acids is 3. The lowest BCUT2D eigenvalue weighted by atomic mass is 9.75. The van der Waals surface area contributed by atoms with Gasteiger partial charge in [0.2, 0.25) is 5.91 Å². The summed E-state index contributed by atoms with van der Waals surface area (Å²) in [4.78, 5) is 42.2. The molecule has 0 aromatic carbocycles. The van der Waals surface area contributed by atoms with Gasteiger partial charge in [0.1, 0.15) is 18.2 Å². The second kappa shape index (κ2) is 7.84. The molecule has 0 radical (unpaired) electrons. The van der Waals surface area contributed by atoms with Crippen LogP contribution < -0.4 is 10.6 Å². The summed E-state index contributed by atoms with van der Waals surface area (Å²) in [6, 6.07) is -0.407. The van der Waals surface area contributed by atoms with Gasteiger partial charge in [0.15, 0.2) is 0 Å². The summed E-state index contributed by atoms with van der Waals surface area (Å²) < 4.78 is 1.72. The molecule has 2 aliphatic rings. The monoisotopic (exact) mass is 362 g/mol. The Balaban J connectivity index is 1.50. The van der Waals surface area contributed by atoms with Crippen LogP contribution in [0, 0.1) is 5.92 Å². The minimum absolute atomic E-state index is 0.0631. The van der Waals surface area contributed by atoms with Crippen molar-refractivity contribution in [2.75, 3.05) is 13.1 Å². The van der Waals surface area contributed by atoms with Crippen molar-refractivity contribution in [3.05, 3.63) is 12.7 Å². The molecule has 3 heterocycles. The van der Waals surface area contributed by atoms with Crippen LogP contribution in [0.2, 0.25) is 0 Å². The Morgan fingerprint density at radius 2 is 2.12 bits per heavy atom. The highest BCUT2D eigenvalue weighted by Gasteiger charge is 2.51. The number of nitrogens with one attached hydrogen (secondary N) is 2. The number of piperidine rings is 1. The van der Waals surface area contributed by atoms with Crippen LogP contribution in [-0.2, 0) is 16.1 Å². The van der Waals surface area contributed by atoms with Crippen molar-refractivity contribution in [3.8, 4) is 0 Å². The second-order valence-corrected chi connectivity index (χ2v) is 7.05. The summed E-state index contributed by atoms with van der Waals surface area (Å²) in [7, 11) is 0. The van der Waals surface area contributed by atoms with Gasteiger partial charge in [0, 0.05) is 26.1 Å². The molecule has 1 aromatic rings.